The van der Waals surface area contributed by atoms with Crippen LogP contribution in [-0.4, -0.2) is 36.7 Å². The van der Waals surface area contributed by atoms with Crippen molar-refractivity contribution in [2.24, 2.45) is 5.92 Å². The largest absolute Gasteiger partial charge is 0.497 e. The second-order valence-corrected chi connectivity index (χ2v) is 11.4. The smallest absolute Gasteiger partial charge is 0.238 e. The molecule has 0 aromatic heterocycles. The molecule has 6 nitrogen and oxygen atoms in total. The first-order valence-corrected chi connectivity index (χ1v) is 14.2. The number of fused-ring (bicyclic) bond motifs is 5. The van der Waals surface area contributed by atoms with Gasteiger partial charge in [0.25, 0.3) is 0 Å². The van der Waals surface area contributed by atoms with Crippen LogP contribution in [0.1, 0.15) is 31.8 Å². The molecule has 202 valence electrons. The van der Waals surface area contributed by atoms with Crippen molar-refractivity contribution in [3.8, 4) is 5.75 Å². The van der Waals surface area contributed by atoms with E-state index in [1.165, 1.54) is 0 Å². The van der Waals surface area contributed by atoms with E-state index in [1.807, 2.05) is 77.7 Å². The van der Waals surface area contributed by atoms with Gasteiger partial charge in [-0.15, -0.1) is 0 Å². The number of para-hydroxylation sites is 2. The molecule has 4 atom stereocenters. The summed E-state index contributed by atoms with van der Waals surface area (Å²) in [6.45, 7) is 0. The molecule has 7 rings (SSSR count). The summed E-state index contributed by atoms with van der Waals surface area (Å²) in [6.07, 6.45) is 3.96. The quantitative estimate of drug-likeness (QED) is 0.270. The minimum absolute atomic E-state index is 0.221. The molecule has 0 aliphatic carbocycles. The number of amides is 1. The molecule has 4 aromatic carbocycles. The van der Waals surface area contributed by atoms with E-state index >= 15 is 0 Å². The number of methoxy groups -OCH3 is 1. The first-order chi connectivity index (χ1) is 19.9. The third kappa shape index (κ3) is 3.65. The van der Waals surface area contributed by atoms with Gasteiger partial charge >= 0.3 is 0 Å². The number of benzene rings is 4. The van der Waals surface area contributed by atoms with Crippen LogP contribution in [-0.2, 0) is 10.2 Å². The lowest BCUT2D eigenvalue weighted by molar-refractivity contribution is -0.121. The van der Waals surface area contributed by atoms with Crippen molar-refractivity contribution in [2.45, 2.75) is 17.5 Å². The monoisotopic (exact) mass is 604 g/mol. The fourth-order valence-electron chi connectivity index (χ4n) is 6.86. The molecule has 1 spiro atoms. The minimum Gasteiger partial charge on any atom is -0.497 e. The number of ether oxygens (including phenoxy) is 1. The van der Waals surface area contributed by atoms with Crippen molar-refractivity contribution in [2.75, 3.05) is 17.3 Å². The van der Waals surface area contributed by atoms with E-state index in [0.29, 0.717) is 28.1 Å². The summed E-state index contributed by atoms with van der Waals surface area (Å²) in [6, 6.07) is 27.8. The van der Waals surface area contributed by atoms with Crippen LogP contribution in [0.4, 0.5) is 11.4 Å². The Labute approximate surface area is 245 Å². The van der Waals surface area contributed by atoms with Crippen LogP contribution in [0, 0.1) is 5.92 Å². The number of carbonyl (C=O) groups is 3. The maximum Gasteiger partial charge on any atom is 0.238 e. The van der Waals surface area contributed by atoms with Gasteiger partial charge < -0.3 is 15.0 Å². The first-order valence-electron chi connectivity index (χ1n) is 13.4. The van der Waals surface area contributed by atoms with Gasteiger partial charge in [-0.25, -0.2) is 0 Å². The van der Waals surface area contributed by atoms with Crippen LogP contribution >= 0.6 is 15.9 Å². The van der Waals surface area contributed by atoms with Crippen LogP contribution in [0.3, 0.4) is 0 Å². The Morgan fingerprint density at radius 2 is 1.63 bits per heavy atom. The van der Waals surface area contributed by atoms with Crippen molar-refractivity contribution in [1.82, 2.24) is 0 Å². The molecule has 0 saturated carbocycles. The van der Waals surface area contributed by atoms with Crippen LogP contribution in [0.5, 0.6) is 5.75 Å². The van der Waals surface area contributed by atoms with Gasteiger partial charge in [-0.05, 0) is 47.5 Å². The standard InChI is InChI=1S/C34H25BrN2O4/c1-41-24-9-6-8-22(19-24)30(38)29-28-18-15-20-7-2-5-12-27(20)37(28)32(31(39)21-13-16-23(35)17-14-21)34(29)25-10-3-4-11-26(25)36-33(34)40/h2-19,28-29,32H,1H3,(H,36,40)/t28-,29+,32-,34-/m0/s1. The molecule has 0 bridgehead atoms. The summed E-state index contributed by atoms with van der Waals surface area (Å²) in [4.78, 5) is 46.0. The van der Waals surface area contributed by atoms with Gasteiger partial charge in [0, 0.05) is 27.0 Å². The van der Waals surface area contributed by atoms with Crippen LogP contribution < -0.4 is 15.0 Å². The average Bonchev–Trinajstić information content (AvgIpc) is 3.48. The normalized spacial score (nSPS) is 23.5. The molecule has 4 aromatic rings. The Morgan fingerprint density at radius 3 is 2.44 bits per heavy atom. The van der Waals surface area contributed by atoms with Gasteiger partial charge in [-0.2, -0.15) is 0 Å². The summed E-state index contributed by atoms with van der Waals surface area (Å²) < 4.78 is 6.27. The molecule has 1 amide bonds. The first kappa shape index (κ1) is 25.5. The number of nitrogens with one attached hydrogen (secondary N) is 1. The minimum atomic E-state index is -1.49. The molecular formula is C34H25BrN2O4. The lowest BCUT2D eigenvalue weighted by Gasteiger charge is -2.37. The number of nitrogens with zero attached hydrogens (tertiary/aromatic N) is 1. The summed E-state index contributed by atoms with van der Waals surface area (Å²) >= 11 is 3.46. The molecule has 7 heteroatoms. The average molecular weight is 605 g/mol. The fourth-order valence-corrected chi connectivity index (χ4v) is 7.13. The highest BCUT2D eigenvalue weighted by Crippen LogP contribution is 2.58. The molecule has 1 fully saturated rings. The van der Waals surface area contributed by atoms with Gasteiger partial charge in [0.05, 0.1) is 19.1 Å². The zero-order valence-corrected chi connectivity index (χ0v) is 23.7. The zero-order valence-electron chi connectivity index (χ0n) is 22.1. The molecule has 3 aliphatic rings. The van der Waals surface area contributed by atoms with Crippen LogP contribution in [0.2, 0.25) is 0 Å². The molecule has 0 radical (unpaired) electrons. The number of anilines is 2. The fraction of sp³-hybridized carbons (Fsp3) is 0.147. The van der Waals surface area contributed by atoms with Crippen molar-refractivity contribution < 1.29 is 19.1 Å². The molecule has 3 aliphatic heterocycles. The highest BCUT2D eigenvalue weighted by atomic mass is 79.9. The third-order valence-corrected chi connectivity index (χ3v) is 9.09. The second kappa shape index (κ2) is 9.56. The molecule has 1 saturated heterocycles. The van der Waals surface area contributed by atoms with Crippen LogP contribution in [0.15, 0.2) is 108 Å². The topological polar surface area (TPSA) is 75.7 Å². The van der Waals surface area contributed by atoms with E-state index in [1.54, 1.807) is 43.5 Å². The SMILES string of the molecule is COc1cccc(C(=O)[C@H]2[C@@H]3C=Cc4ccccc4N3[C@@H](C(=O)c3ccc(Br)cc3)[C@@]23C(=O)Nc2ccccc23)c1. The maximum atomic E-state index is 14.8. The van der Waals surface area contributed by atoms with E-state index in [0.717, 1.165) is 15.7 Å². The molecule has 41 heavy (non-hydrogen) atoms. The number of ketones is 2. The van der Waals surface area contributed by atoms with Gasteiger partial charge in [-0.3, -0.25) is 14.4 Å². The summed E-state index contributed by atoms with van der Waals surface area (Å²) in [5, 5.41) is 3.04. The van der Waals surface area contributed by atoms with Gasteiger partial charge in [0.1, 0.15) is 17.2 Å². The summed E-state index contributed by atoms with van der Waals surface area (Å²) in [7, 11) is 1.55. The van der Waals surface area contributed by atoms with Gasteiger partial charge in [0.2, 0.25) is 5.91 Å². The number of rotatable bonds is 5. The van der Waals surface area contributed by atoms with E-state index in [4.69, 9.17) is 4.74 Å². The highest BCUT2D eigenvalue weighted by molar-refractivity contribution is 9.10. The Hall–Kier alpha value is -4.49. The van der Waals surface area contributed by atoms with Crippen molar-refractivity contribution in [3.63, 3.8) is 0 Å². The number of Topliss-reactive ketones (excluding diaryl/α,β-unsaturated/α-hetero) is 2. The predicted octanol–water partition coefficient (Wildman–Crippen LogP) is 6.31. The maximum absolute atomic E-state index is 14.8. The van der Waals surface area contributed by atoms with E-state index in [2.05, 4.69) is 21.2 Å². The molecule has 3 heterocycles. The third-order valence-electron chi connectivity index (χ3n) is 8.56. The van der Waals surface area contributed by atoms with E-state index in [9.17, 15) is 14.4 Å². The Morgan fingerprint density at radius 1 is 0.878 bits per heavy atom. The van der Waals surface area contributed by atoms with Crippen molar-refractivity contribution in [1.29, 1.82) is 0 Å². The van der Waals surface area contributed by atoms with Crippen molar-refractivity contribution >= 4 is 50.9 Å². The van der Waals surface area contributed by atoms with Gasteiger partial charge in [0.15, 0.2) is 11.6 Å². The molecule has 0 unspecified atom stereocenters. The molecular weight excluding hydrogens is 580 g/mol. The number of hydrogen-bond donors (Lipinski definition) is 1. The van der Waals surface area contributed by atoms with E-state index < -0.39 is 23.4 Å². The van der Waals surface area contributed by atoms with E-state index in [-0.39, 0.29) is 17.5 Å². The highest BCUT2D eigenvalue weighted by Gasteiger charge is 2.70. The van der Waals surface area contributed by atoms with Crippen molar-refractivity contribution in [3.05, 3.63) is 130 Å². The molecule has 1 N–H and O–H groups in total. The Balaban J connectivity index is 1.53. The lowest BCUT2D eigenvalue weighted by Crippen LogP contribution is -2.55. The van der Waals surface area contributed by atoms with Gasteiger partial charge in [-0.1, -0.05) is 88.7 Å². The lowest BCUT2D eigenvalue weighted by atomic mass is 9.63. The number of hydrogen-bond acceptors (Lipinski definition) is 5. The zero-order chi connectivity index (χ0) is 28.3. The Kier molecular flexibility index (Phi) is 5.94. The number of carbonyl (C=O) groups excluding carboxylic acids is 3. The summed E-state index contributed by atoms with van der Waals surface area (Å²) in [5.41, 5.74) is 2.41. The predicted molar refractivity (Wildman–Crippen MR) is 162 cm³/mol. The number of halogens is 1. The Bertz CT molecular complexity index is 1760. The summed E-state index contributed by atoms with van der Waals surface area (Å²) in [5.74, 6) is -1.15. The van der Waals surface area contributed by atoms with Crippen LogP contribution in [0.25, 0.3) is 6.08 Å². The second-order valence-electron chi connectivity index (χ2n) is 10.5.